The molecule has 114 valence electrons. The second-order valence-corrected chi connectivity index (χ2v) is 5.51. The van der Waals surface area contributed by atoms with Gasteiger partial charge in [-0.05, 0) is 43.5 Å². The average molecular weight is 296 g/mol. The monoisotopic (exact) mass is 296 g/mol. The summed E-state index contributed by atoms with van der Waals surface area (Å²) in [5, 5.41) is 0. The molecule has 0 N–H and O–H groups in total. The maximum atomic E-state index is 11.9. The van der Waals surface area contributed by atoms with Gasteiger partial charge < -0.3 is 9.47 Å². The van der Waals surface area contributed by atoms with Crippen molar-refractivity contribution in [2.24, 2.45) is 0 Å². The number of carbonyl (C=O) groups is 1. The molecule has 0 aliphatic carbocycles. The predicted octanol–water partition coefficient (Wildman–Crippen LogP) is 3.97. The van der Waals surface area contributed by atoms with Gasteiger partial charge in [-0.25, -0.2) is 4.79 Å². The van der Waals surface area contributed by atoms with Gasteiger partial charge in [0.2, 0.25) is 0 Å². The fourth-order valence-electron chi connectivity index (χ4n) is 2.84. The van der Waals surface area contributed by atoms with Crippen molar-refractivity contribution in [3.8, 4) is 5.75 Å². The first-order valence-corrected chi connectivity index (χ1v) is 7.75. The third kappa shape index (κ3) is 3.14. The molecule has 0 spiro atoms. The summed E-state index contributed by atoms with van der Waals surface area (Å²) >= 11 is 0. The molecule has 22 heavy (non-hydrogen) atoms. The number of hydrogen-bond acceptors (Lipinski definition) is 3. The summed E-state index contributed by atoms with van der Waals surface area (Å²) in [4.78, 5) is 11.9. The first-order chi connectivity index (χ1) is 10.8. The molecular weight excluding hydrogens is 276 g/mol. The smallest absolute Gasteiger partial charge is 0.338 e. The molecule has 2 aromatic carbocycles. The van der Waals surface area contributed by atoms with E-state index in [1.165, 1.54) is 5.56 Å². The van der Waals surface area contributed by atoms with Crippen LogP contribution in [0.2, 0.25) is 0 Å². The Morgan fingerprint density at radius 2 is 2.05 bits per heavy atom. The van der Waals surface area contributed by atoms with Gasteiger partial charge in [0.25, 0.3) is 0 Å². The molecule has 1 atom stereocenters. The van der Waals surface area contributed by atoms with Gasteiger partial charge in [0.15, 0.2) is 0 Å². The Bertz CT molecular complexity index is 649. The lowest BCUT2D eigenvalue weighted by molar-refractivity contribution is 0.0526. The maximum absolute atomic E-state index is 11.9. The van der Waals surface area contributed by atoms with E-state index in [0.29, 0.717) is 24.7 Å². The van der Waals surface area contributed by atoms with Crippen LogP contribution < -0.4 is 4.74 Å². The minimum Gasteiger partial charge on any atom is -0.493 e. The molecule has 1 unspecified atom stereocenters. The number of benzene rings is 2. The summed E-state index contributed by atoms with van der Waals surface area (Å²) in [6.45, 7) is 2.90. The Balaban J connectivity index is 1.72. The lowest BCUT2D eigenvalue weighted by atomic mass is 9.93. The fraction of sp³-hybridized carbons (Fsp3) is 0.316. The van der Waals surface area contributed by atoms with E-state index in [2.05, 4.69) is 24.3 Å². The largest absolute Gasteiger partial charge is 0.493 e. The fourth-order valence-corrected chi connectivity index (χ4v) is 2.84. The van der Waals surface area contributed by atoms with Crippen LogP contribution in [0.4, 0.5) is 0 Å². The van der Waals surface area contributed by atoms with Crippen LogP contribution >= 0.6 is 0 Å². The van der Waals surface area contributed by atoms with Crippen molar-refractivity contribution in [3.63, 3.8) is 0 Å². The minimum atomic E-state index is -0.265. The standard InChI is InChI=1S/C19H20O3/c1-2-21-19(20)15-10-11-18-17(12-15)16(13-22-18)9-8-14-6-4-3-5-7-14/h3-7,10-12,16H,2,8-9,13H2,1H3. The van der Waals surface area contributed by atoms with E-state index in [9.17, 15) is 4.79 Å². The molecule has 0 aromatic heterocycles. The Hall–Kier alpha value is -2.29. The number of aryl methyl sites for hydroxylation is 1. The first kappa shape index (κ1) is 14.6. The summed E-state index contributed by atoms with van der Waals surface area (Å²) in [5.74, 6) is 0.967. The summed E-state index contributed by atoms with van der Waals surface area (Å²) in [6.07, 6.45) is 2.03. The van der Waals surface area contributed by atoms with E-state index in [1.807, 2.05) is 25.1 Å². The van der Waals surface area contributed by atoms with Crippen LogP contribution in [-0.4, -0.2) is 19.2 Å². The van der Waals surface area contributed by atoms with Crippen molar-refractivity contribution in [3.05, 3.63) is 65.2 Å². The molecule has 2 aromatic rings. The normalized spacial score (nSPS) is 16.0. The molecule has 0 saturated carbocycles. The number of ether oxygens (including phenoxy) is 2. The van der Waals surface area contributed by atoms with E-state index < -0.39 is 0 Å². The number of hydrogen-bond donors (Lipinski definition) is 0. The Kier molecular flexibility index (Phi) is 4.42. The first-order valence-electron chi connectivity index (χ1n) is 7.75. The van der Waals surface area contributed by atoms with E-state index in [0.717, 1.165) is 24.2 Å². The summed E-state index contributed by atoms with van der Waals surface area (Å²) in [6, 6.07) is 16.0. The highest BCUT2D eigenvalue weighted by Gasteiger charge is 2.25. The molecule has 0 amide bonds. The van der Waals surface area contributed by atoms with Crippen LogP contribution in [-0.2, 0) is 11.2 Å². The van der Waals surface area contributed by atoms with Gasteiger partial charge in [0.05, 0.1) is 18.8 Å². The molecule has 0 saturated heterocycles. The molecule has 1 aliphatic rings. The highest BCUT2D eigenvalue weighted by molar-refractivity contribution is 5.90. The maximum Gasteiger partial charge on any atom is 0.338 e. The van der Waals surface area contributed by atoms with Crippen molar-refractivity contribution in [2.45, 2.75) is 25.7 Å². The van der Waals surface area contributed by atoms with Gasteiger partial charge in [-0.3, -0.25) is 0 Å². The highest BCUT2D eigenvalue weighted by atomic mass is 16.5. The van der Waals surface area contributed by atoms with E-state index >= 15 is 0 Å². The average Bonchev–Trinajstić information content (AvgIpc) is 2.96. The molecular formula is C19H20O3. The van der Waals surface area contributed by atoms with Gasteiger partial charge >= 0.3 is 5.97 Å². The zero-order valence-corrected chi connectivity index (χ0v) is 12.7. The van der Waals surface area contributed by atoms with Gasteiger partial charge in [-0.1, -0.05) is 30.3 Å². The Morgan fingerprint density at radius 3 is 2.82 bits per heavy atom. The van der Waals surface area contributed by atoms with Crippen molar-refractivity contribution < 1.29 is 14.3 Å². The Morgan fingerprint density at radius 1 is 1.23 bits per heavy atom. The zero-order valence-electron chi connectivity index (χ0n) is 12.7. The SMILES string of the molecule is CCOC(=O)c1ccc2c(c1)C(CCc1ccccc1)CO2. The van der Waals surface area contributed by atoms with Crippen LogP contribution in [0.5, 0.6) is 5.75 Å². The van der Waals surface area contributed by atoms with Gasteiger partial charge in [-0.2, -0.15) is 0 Å². The summed E-state index contributed by atoms with van der Waals surface area (Å²) in [7, 11) is 0. The number of carbonyl (C=O) groups excluding carboxylic acids is 1. The van der Waals surface area contributed by atoms with Crippen molar-refractivity contribution in [1.29, 1.82) is 0 Å². The van der Waals surface area contributed by atoms with Crippen LogP contribution in [0, 0.1) is 0 Å². The molecule has 0 fully saturated rings. The van der Waals surface area contributed by atoms with Crippen LogP contribution in [0.1, 0.15) is 40.7 Å². The number of fused-ring (bicyclic) bond motifs is 1. The minimum absolute atomic E-state index is 0.265. The molecule has 3 heteroatoms. The lowest BCUT2D eigenvalue weighted by Crippen LogP contribution is -2.06. The molecule has 1 aliphatic heterocycles. The summed E-state index contributed by atoms with van der Waals surface area (Å²) < 4.78 is 10.8. The van der Waals surface area contributed by atoms with Crippen molar-refractivity contribution in [2.75, 3.05) is 13.2 Å². The molecule has 0 radical (unpaired) electrons. The lowest BCUT2D eigenvalue weighted by Gasteiger charge is -2.10. The van der Waals surface area contributed by atoms with E-state index in [4.69, 9.17) is 9.47 Å². The molecule has 3 rings (SSSR count). The van der Waals surface area contributed by atoms with Crippen LogP contribution in [0.25, 0.3) is 0 Å². The quantitative estimate of drug-likeness (QED) is 0.783. The second kappa shape index (κ2) is 6.65. The van der Waals surface area contributed by atoms with E-state index in [1.54, 1.807) is 6.07 Å². The van der Waals surface area contributed by atoms with Crippen molar-refractivity contribution >= 4 is 5.97 Å². The number of rotatable bonds is 5. The molecule has 3 nitrogen and oxygen atoms in total. The summed E-state index contributed by atoms with van der Waals surface area (Å²) in [5.41, 5.74) is 3.06. The molecule has 1 heterocycles. The third-order valence-corrected chi connectivity index (χ3v) is 4.03. The van der Waals surface area contributed by atoms with Gasteiger partial charge in [0, 0.05) is 11.5 Å². The highest BCUT2D eigenvalue weighted by Crippen LogP contribution is 2.37. The van der Waals surface area contributed by atoms with Gasteiger partial charge in [0.1, 0.15) is 5.75 Å². The molecule has 0 bridgehead atoms. The number of esters is 1. The second-order valence-electron chi connectivity index (χ2n) is 5.51. The topological polar surface area (TPSA) is 35.5 Å². The van der Waals surface area contributed by atoms with Crippen molar-refractivity contribution in [1.82, 2.24) is 0 Å². The zero-order chi connectivity index (χ0) is 15.4. The van der Waals surface area contributed by atoms with E-state index in [-0.39, 0.29) is 5.97 Å². The predicted molar refractivity (Wildman–Crippen MR) is 85.4 cm³/mol. The van der Waals surface area contributed by atoms with Gasteiger partial charge in [-0.15, -0.1) is 0 Å². The van der Waals surface area contributed by atoms with Crippen LogP contribution in [0.15, 0.2) is 48.5 Å². The Labute approximate surface area is 130 Å². The van der Waals surface area contributed by atoms with Crippen LogP contribution in [0.3, 0.4) is 0 Å². The third-order valence-electron chi connectivity index (χ3n) is 4.03.